The number of hydrogen-bond acceptors (Lipinski definition) is 4. The molecule has 2 aliphatic rings. The number of allylic oxidation sites excluding steroid dienone is 1. The Morgan fingerprint density at radius 2 is 1.72 bits per heavy atom. The van der Waals surface area contributed by atoms with Crippen molar-refractivity contribution < 1.29 is 19.3 Å². The van der Waals surface area contributed by atoms with Crippen LogP contribution in [0.15, 0.2) is 53.6 Å². The summed E-state index contributed by atoms with van der Waals surface area (Å²) in [5.41, 5.74) is 2.06. The van der Waals surface area contributed by atoms with Crippen LogP contribution in [0.3, 0.4) is 0 Å². The van der Waals surface area contributed by atoms with E-state index in [4.69, 9.17) is 4.74 Å². The van der Waals surface area contributed by atoms with Gasteiger partial charge >= 0.3 is 0 Å². The van der Waals surface area contributed by atoms with Crippen molar-refractivity contribution in [2.45, 2.75) is 30.6 Å². The second-order valence-electron chi connectivity index (χ2n) is 6.53. The molecule has 0 saturated heterocycles. The Kier molecular flexibility index (Phi) is 4.44. The third kappa shape index (κ3) is 3.39. The number of aliphatic hydroxyl groups excluding tert-OH is 1. The van der Waals surface area contributed by atoms with Gasteiger partial charge in [-0.05, 0) is 61.2 Å². The molecule has 130 valence electrons. The molecule has 3 atom stereocenters. The predicted octanol–water partition coefficient (Wildman–Crippen LogP) is 4.56. The molecular formula is C20H19FO3S. The van der Waals surface area contributed by atoms with Gasteiger partial charge in [0.15, 0.2) is 5.09 Å². The fourth-order valence-electron chi connectivity index (χ4n) is 3.58. The first kappa shape index (κ1) is 16.5. The summed E-state index contributed by atoms with van der Waals surface area (Å²) >= 11 is 1.65. The maximum atomic E-state index is 13.3. The minimum Gasteiger partial charge on any atom is -0.508 e. The van der Waals surface area contributed by atoms with Crippen LogP contribution in [-0.2, 0) is 0 Å². The summed E-state index contributed by atoms with van der Waals surface area (Å²) in [5, 5.41) is 20.5. The molecule has 2 unspecified atom stereocenters. The first-order valence-electron chi connectivity index (χ1n) is 8.42. The van der Waals surface area contributed by atoms with Crippen molar-refractivity contribution in [1.82, 2.24) is 0 Å². The van der Waals surface area contributed by atoms with E-state index in [0.717, 1.165) is 35.5 Å². The molecule has 0 radical (unpaired) electrons. The molecule has 5 heteroatoms. The number of benzene rings is 2. The van der Waals surface area contributed by atoms with Crippen molar-refractivity contribution in [3.63, 3.8) is 0 Å². The van der Waals surface area contributed by atoms with Crippen LogP contribution >= 0.6 is 11.8 Å². The third-order valence-electron chi connectivity index (χ3n) is 4.82. The van der Waals surface area contributed by atoms with Crippen molar-refractivity contribution in [2.24, 2.45) is 5.92 Å². The topological polar surface area (TPSA) is 49.7 Å². The van der Waals surface area contributed by atoms with Crippen LogP contribution in [0, 0.1) is 11.7 Å². The molecule has 1 heterocycles. The molecule has 2 aromatic rings. The van der Waals surface area contributed by atoms with Crippen LogP contribution in [-0.4, -0.2) is 21.6 Å². The van der Waals surface area contributed by atoms with Gasteiger partial charge in [0.25, 0.3) is 0 Å². The molecule has 1 aliphatic heterocycles. The Labute approximate surface area is 150 Å². The van der Waals surface area contributed by atoms with Crippen molar-refractivity contribution in [2.75, 3.05) is 0 Å². The molecule has 0 amide bonds. The van der Waals surface area contributed by atoms with Crippen molar-refractivity contribution >= 4 is 17.3 Å². The van der Waals surface area contributed by atoms with Gasteiger partial charge in [-0.3, -0.25) is 0 Å². The first-order chi connectivity index (χ1) is 12.1. The quantitative estimate of drug-likeness (QED) is 0.845. The number of halogens is 1. The first-order valence-corrected chi connectivity index (χ1v) is 9.30. The van der Waals surface area contributed by atoms with E-state index in [0.29, 0.717) is 11.7 Å². The number of thioether (sulfide) groups is 1. The summed E-state index contributed by atoms with van der Waals surface area (Å²) in [6, 6.07) is 13.1. The standard InChI is InChI=1S/C20H19FO3S/c21-13-3-1-12(2-4-13)19-17-10-7-15(23)11-18(17)25-20(19)24-16-8-5-14(22)6-9-16/h1-6,8-9,15,17-18,22-23H,7,10-11H2/t15?,17-,18?/m1/s1. The van der Waals surface area contributed by atoms with Crippen LogP contribution in [0.2, 0.25) is 0 Å². The zero-order chi connectivity index (χ0) is 17.4. The van der Waals surface area contributed by atoms with Gasteiger partial charge in [0.05, 0.1) is 6.10 Å². The zero-order valence-electron chi connectivity index (χ0n) is 13.6. The zero-order valence-corrected chi connectivity index (χ0v) is 14.4. The van der Waals surface area contributed by atoms with E-state index in [1.807, 2.05) is 0 Å². The van der Waals surface area contributed by atoms with Crippen LogP contribution in [0.5, 0.6) is 11.5 Å². The molecule has 0 spiro atoms. The number of aliphatic hydroxyl groups is 1. The second kappa shape index (κ2) is 6.73. The van der Waals surface area contributed by atoms with Crippen LogP contribution in [0.4, 0.5) is 4.39 Å². The number of rotatable bonds is 3. The minimum absolute atomic E-state index is 0.191. The van der Waals surface area contributed by atoms with Gasteiger partial charge in [-0.1, -0.05) is 23.9 Å². The Morgan fingerprint density at radius 3 is 2.44 bits per heavy atom. The van der Waals surface area contributed by atoms with E-state index in [-0.39, 0.29) is 22.9 Å². The number of ether oxygens (including phenoxy) is 1. The van der Waals surface area contributed by atoms with E-state index in [9.17, 15) is 14.6 Å². The summed E-state index contributed by atoms with van der Waals surface area (Å²) < 4.78 is 19.4. The highest BCUT2D eigenvalue weighted by molar-refractivity contribution is 8.04. The fraction of sp³-hybridized carbons (Fsp3) is 0.300. The average molecular weight is 358 g/mol. The molecule has 1 saturated carbocycles. The largest absolute Gasteiger partial charge is 0.508 e. The van der Waals surface area contributed by atoms with E-state index >= 15 is 0 Å². The molecule has 0 bridgehead atoms. The molecule has 1 aliphatic carbocycles. The van der Waals surface area contributed by atoms with Crippen molar-refractivity contribution in [3.8, 4) is 11.5 Å². The van der Waals surface area contributed by atoms with E-state index in [2.05, 4.69) is 0 Å². The molecular weight excluding hydrogens is 339 g/mol. The number of hydrogen-bond donors (Lipinski definition) is 2. The van der Waals surface area contributed by atoms with Gasteiger partial charge in [-0.25, -0.2) is 4.39 Å². The highest BCUT2D eigenvalue weighted by atomic mass is 32.2. The third-order valence-corrected chi connectivity index (χ3v) is 6.16. The lowest BCUT2D eigenvalue weighted by molar-refractivity contribution is 0.123. The van der Waals surface area contributed by atoms with Gasteiger partial charge in [-0.2, -0.15) is 0 Å². The summed E-state index contributed by atoms with van der Waals surface area (Å²) in [4.78, 5) is 0. The molecule has 4 rings (SSSR count). The summed E-state index contributed by atoms with van der Waals surface area (Å²) in [6.07, 6.45) is 2.14. The fourth-order valence-corrected chi connectivity index (χ4v) is 5.15. The van der Waals surface area contributed by atoms with E-state index in [1.165, 1.54) is 12.1 Å². The molecule has 1 fully saturated rings. The normalized spacial score (nSPS) is 25.8. The molecule has 2 aromatic carbocycles. The van der Waals surface area contributed by atoms with Gasteiger partial charge in [0.2, 0.25) is 0 Å². The number of aromatic hydroxyl groups is 1. The summed E-state index contributed by atoms with van der Waals surface area (Å²) in [5.74, 6) is 0.882. The molecule has 25 heavy (non-hydrogen) atoms. The van der Waals surface area contributed by atoms with Crippen LogP contribution in [0.1, 0.15) is 24.8 Å². The number of phenols is 1. The lowest BCUT2D eigenvalue weighted by Crippen LogP contribution is -2.28. The highest BCUT2D eigenvalue weighted by Crippen LogP contribution is 2.53. The van der Waals surface area contributed by atoms with E-state index < -0.39 is 0 Å². The Balaban J connectivity index is 1.70. The van der Waals surface area contributed by atoms with Gasteiger partial charge in [0, 0.05) is 16.7 Å². The monoisotopic (exact) mass is 358 g/mol. The smallest absolute Gasteiger partial charge is 0.165 e. The van der Waals surface area contributed by atoms with Crippen molar-refractivity contribution in [3.05, 3.63) is 65.0 Å². The Bertz CT molecular complexity index is 786. The van der Waals surface area contributed by atoms with Gasteiger partial charge in [-0.15, -0.1) is 0 Å². The SMILES string of the molecule is Oc1ccc(OC2=C(c3ccc(F)cc3)[C@@H]3CCC(O)CC3S2)cc1. The average Bonchev–Trinajstić information content (AvgIpc) is 2.94. The highest BCUT2D eigenvalue weighted by Gasteiger charge is 2.41. The maximum absolute atomic E-state index is 13.3. The lowest BCUT2D eigenvalue weighted by atomic mass is 9.80. The number of fused-ring (bicyclic) bond motifs is 1. The molecule has 0 aromatic heterocycles. The van der Waals surface area contributed by atoms with Crippen LogP contribution < -0.4 is 4.74 Å². The van der Waals surface area contributed by atoms with E-state index in [1.54, 1.807) is 48.2 Å². The number of phenolic OH excluding ortho intramolecular Hbond substituents is 1. The summed E-state index contributed by atoms with van der Waals surface area (Å²) in [6.45, 7) is 0. The summed E-state index contributed by atoms with van der Waals surface area (Å²) in [7, 11) is 0. The predicted molar refractivity (Wildman–Crippen MR) is 96.8 cm³/mol. The lowest BCUT2D eigenvalue weighted by Gasteiger charge is -2.29. The minimum atomic E-state index is -0.267. The maximum Gasteiger partial charge on any atom is 0.165 e. The molecule has 3 nitrogen and oxygen atoms in total. The Hall–Kier alpha value is -1.98. The van der Waals surface area contributed by atoms with Gasteiger partial charge < -0.3 is 14.9 Å². The van der Waals surface area contributed by atoms with Crippen LogP contribution in [0.25, 0.3) is 5.57 Å². The van der Waals surface area contributed by atoms with Crippen molar-refractivity contribution in [1.29, 1.82) is 0 Å². The van der Waals surface area contributed by atoms with Gasteiger partial charge in [0.1, 0.15) is 17.3 Å². The second-order valence-corrected chi connectivity index (χ2v) is 7.75. The molecule has 2 N–H and O–H groups in total. The Morgan fingerprint density at radius 1 is 1.00 bits per heavy atom.